The molecule has 44 valence electrons. The van der Waals surface area contributed by atoms with Crippen LogP contribution in [0.1, 0.15) is 12.8 Å². The summed E-state index contributed by atoms with van der Waals surface area (Å²) in [6.07, 6.45) is 4.24. The molecule has 1 saturated carbocycles. The van der Waals surface area contributed by atoms with Crippen molar-refractivity contribution in [2.75, 3.05) is 0 Å². The molecule has 2 heterocycles. The molecule has 1 atom stereocenters. The van der Waals surface area contributed by atoms with Crippen molar-refractivity contribution >= 4 is 11.4 Å². The summed E-state index contributed by atoms with van der Waals surface area (Å²) in [7, 11) is 0. The Morgan fingerprint density at radius 3 is 3.33 bits per heavy atom. The molecule has 0 radical (unpaired) electrons. The molecule has 0 amide bonds. The first-order valence-electron chi connectivity index (χ1n) is 3.26. The highest BCUT2D eigenvalue weighted by Gasteiger charge is 2.36. The van der Waals surface area contributed by atoms with E-state index >= 15 is 0 Å². The lowest BCUT2D eigenvalue weighted by Gasteiger charge is -2.09. The predicted molar refractivity (Wildman–Crippen MR) is 36.0 cm³/mol. The van der Waals surface area contributed by atoms with Crippen LogP contribution in [0.15, 0.2) is 21.8 Å². The van der Waals surface area contributed by atoms with E-state index in [9.17, 15) is 0 Å². The zero-order valence-corrected chi connectivity index (χ0v) is 4.96. The molecule has 1 fully saturated rings. The summed E-state index contributed by atoms with van der Waals surface area (Å²) in [6, 6.07) is 0.497. The molecule has 2 bridgehead atoms. The van der Waals surface area contributed by atoms with Gasteiger partial charge in [0.25, 0.3) is 0 Å². The van der Waals surface area contributed by atoms with Crippen LogP contribution < -0.4 is 0 Å². The van der Waals surface area contributed by atoms with Gasteiger partial charge in [0.1, 0.15) is 0 Å². The van der Waals surface area contributed by atoms with E-state index in [1.54, 1.807) is 0 Å². The van der Waals surface area contributed by atoms with Crippen LogP contribution in [0.3, 0.4) is 0 Å². The number of rotatable bonds is 0. The van der Waals surface area contributed by atoms with Crippen LogP contribution in [-0.2, 0) is 0 Å². The maximum Gasteiger partial charge on any atom is 0.0937 e. The highest BCUT2D eigenvalue weighted by molar-refractivity contribution is 6.14. The average Bonchev–Trinajstić information content (AvgIpc) is 2.28. The molecule has 0 saturated heterocycles. The zero-order valence-electron chi connectivity index (χ0n) is 4.96. The van der Waals surface area contributed by atoms with Gasteiger partial charge in [-0.3, -0.25) is 9.98 Å². The quantitative estimate of drug-likeness (QED) is 0.452. The first-order chi connectivity index (χ1) is 4.42. The van der Waals surface area contributed by atoms with Gasteiger partial charge in [-0.2, -0.15) is 0 Å². The standard InChI is InChI=1S/C7H6N2/c1-4-2-5(1)9-7-3-6(7)8-4/h1,6H,2-3H2. The van der Waals surface area contributed by atoms with Gasteiger partial charge >= 0.3 is 0 Å². The van der Waals surface area contributed by atoms with E-state index in [4.69, 9.17) is 0 Å². The van der Waals surface area contributed by atoms with Crippen molar-refractivity contribution in [2.45, 2.75) is 18.9 Å². The van der Waals surface area contributed by atoms with Gasteiger partial charge < -0.3 is 0 Å². The second-order valence-electron chi connectivity index (χ2n) is 2.76. The lowest BCUT2D eigenvalue weighted by atomic mass is 10.0. The Balaban J connectivity index is 2.23. The van der Waals surface area contributed by atoms with Crippen LogP contribution in [0, 0.1) is 0 Å². The minimum atomic E-state index is 0.497. The highest BCUT2D eigenvalue weighted by atomic mass is 15.0. The van der Waals surface area contributed by atoms with Gasteiger partial charge in [0.2, 0.25) is 0 Å². The Bertz CT molecular complexity index is 271. The van der Waals surface area contributed by atoms with Crippen molar-refractivity contribution in [1.82, 2.24) is 0 Å². The molecule has 2 heteroatoms. The molecule has 2 nitrogen and oxygen atoms in total. The minimum absolute atomic E-state index is 0.497. The molecule has 0 aromatic rings. The van der Waals surface area contributed by atoms with Crippen LogP contribution >= 0.6 is 0 Å². The summed E-state index contributed by atoms with van der Waals surface area (Å²) in [5, 5.41) is 0. The molecule has 2 aliphatic carbocycles. The summed E-state index contributed by atoms with van der Waals surface area (Å²) >= 11 is 0. The van der Waals surface area contributed by atoms with E-state index in [0.717, 1.165) is 12.8 Å². The maximum absolute atomic E-state index is 4.43. The Kier molecular flexibility index (Phi) is 0.448. The lowest BCUT2D eigenvalue weighted by Crippen LogP contribution is -2.06. The summed E-state index contributed by atoms with van der Waals surface area (Å²) in [5.41, 5.74) is 3.80. The van der Waals surface area contributed by atoms with Crippen LogP contribution in [0.4, 0.5) is 0 Å². The van der Waals surface area contributed by atoms with Gasteiger partial charge in [-0.05, 0) is 6.08 Å². The summed E-state index contributed by atoms with van der Waals surface area (Å²) in [6.45, 7) is 0. The fourth-order valence-electron chi connectivity index (χ4n) is 1.27. The molecule has 9 heavy (non-hydrogen) atoms. The van der Waals surface area contributed by atoms with Gasteiger partial charge in [-0.1, -0.05) is 0 Å². The molecule has 0 aromatic heterocycles. The van der Waals surface area contributed by atoms with Crippen molar-refractivity contribution in [3.63, 3.8) is 0 Å². The van der Waals surface area contributed by atoms with Crippen molar-refractivity contribution in [1.29, 1.82) is 0 Å². The third-order valence-corrected chi connectivity index (χ3v) is 1.93. The van der Waals surface area contributed by atoms with Crippen LogP contribution in [0.2, 0.25) is 0 Å². The van der Waals surface area contributed by atoms with E-state index in [1.807, 2.05) is 0 Å². The van der Waals surface area contributed by atoms with Crippen molar-refractivity contribution < 1.29 is 0 Å². The van der Waals surface area contributed by atoms with Gasteiger partial charge in [-0.15, -0.1) is 0 Å². The Morgan fingerprint density at radius 1 is 1.56 bits per heavy atom. The zero-order chi connectivity index (χ0) is 5.84. The normalized spacial score (nSPS) is 34.7. The van der Waals surface area contributed by atoms with Gasteiger partial charge in [0.15, 0.2) is 0 Å². The van der Waals surface area contributed by atoms with E-state index in [1.165, 1.54) is 17.1 Å². The molecular formula is C7H6N2. The number of hydrogen-bond acceptors (Lipinski definition) is 2. The molecular weight excluding hydrogens is 112 g/mol. The first-order valence-corrected chi connectivity index (χ1v) is 3.26. The predicted octanol–water partition coefficient (Wildman–Crippen LogP) is 0.942. The maximum atomic E-state index is 4.43. The second-order valence-corrected chi connectivity index (χ2v) is 2.76. The Labute approximate surface area is 53.0 Å². The van der Waals surface area contributed by atoms with E-state index in [-0.39, 0.29) is 0 Å². The second kappa shape index (κ2) is 1.01. The highest BCUT2D eigenvalue weighted by Crippen LogP contribution is 2.32. The number of aliphatic imine (C=N–C) groups is 2. The monoisotopic (exact) mass is 118 g/mol. The van der Waals surface area contributed by atoms with Crippen molar-refractivity contribution in [3.8, 4) is 0 Å². The first kappa shape index (κ1) is 3.99. The van der Waals surface area contributed by atoms with Crippen LogP contribution in [-0.4, -0.2) is 17.5 Å². The summed E-state index contributed by atoms with van der Waals surface area (Å²) in [4.78, 5) is 8.81. The summed E-state index contributed by atoms with van der Waals surface area (Å²) < 4.78 is 0. The van der Waals surface area contributed by atoms with Crippen molar-refractivity contribution in [2.24, 2.45) is 9.98 Å². The van der Waals surface area contributed by atoms with Gasteiger partial charge in [0.05, 0.1) is 6.04 Å². The van der Waals surface area contributed by atoms with E-state index in [2.05, 4.69) is 16.1 Å². The molecule has 4 aliphatic rings. The molecule has 4 rings (SSSR count). The SMILES string of the molecule is C1=C2CC1=NC1CC1=N2. The van der Waals surface area contributed by atoms with Crippen LogP contribution in [0.5, 0.6) is 0 Å². The number of allylic oxidation sites excluding steroid dienone is 2. The molecule has 2 aliphatic heterocycles. The van der Waals surface area contributed by atoms with Crippen LogP contribution in [0.25, 0.3) is 0 Å². The number of hydrogen-bond donors (Lipinski definition) is 0. The third-order valence-electron chi connectivity index (χ3n) is 1.93. The molecule has 0 spiro atoms. The average molecular weight is 118 g/mol. The molecule has 0 N–H and O–H groups in total. The molecule has 0 aromatic carbocycles. The van der Waals surface area contributed by atoms with E-state index in [0.29, 0.717) is 6.04 Å². The minimum Gasteiger partial charge on any atom is -0.280 e. The fourth-order valence-corrected chi connectivity index (χ4v) is 1.27. The molecule has 1 unspecified atom stereocenters. The smallest absolute Gasteiger partial charge is 0.0937 e. The van der Waals surface area contributed by atoms with Crippen molar-refractivity contribution in [3.05, 3.63) is 11.8 Å². The van der Waals surface area contributed by atoms with E-state index < -0.39 is 0 Å². The lowest BCUT2D eigenvalue weighted by molar-refractivity contribution is 1.07. The Hall–Kier alpha value is -0.920. The van der Waals surface area contributed by atoms with Gasteiger partial charge in [0, 0.05) is 30.0 Å². The summed E-state index contributed by atoms with van der Waals surface area (Å²) in [5.74, 6) is 0. The third kappa shape index (κ3) is 0.411. The number of nitrogens with zero attached hydrogens (tertiary/aromatic N) is 2. The topological polar surface area (TPSA) is 24.7 Å². The largest absolute Gasteiger partial charge is 0.280 e. The van der Waals surface area contributed by atoms with Gasteiger partial charge in [-0.25, -0.2) is 0 Å². The Morgan fingerprint density at radius 2 is 2.44 bits per heavy atom. The fraction of sp³-hybridized carbons (Fsp3) is 0.429.